The summed E-state index contributed by atoms with van der Waals surface area (Å²) in [6, 6.07) is 6.07. The zero-order valence-corrected chi connectivity index (χ0v) is 11.5. The summed E-state index contributed by atoms with van der Waals surface area (Å²) in [5.74, 6) is 0. The van der Waals surface area contributed by atoms with Crippen LogP contribution in [0.5, 0.6) is 0 Å². The Morgan fingerprint density at radius 2 is 1.94 bits per heavy atom. The Balaban J connectivity index is 2.38. The summed E-state index contributed by atoms with van der Waals surface area (Å²) in [5.41, 5.74) is 3.00. The van der Waals surface area contributed by atoms with Crippen LogP contribution in [0, 0.1) is 12.3 Å². The van der Waals surface area contributed by atoms with E-state index >= 15 is 0 Å². The Kier molecular flexibility index (Phi) is 4.82. The van der Waals surface area contributed by atoms with Gasteiger partial charge < -0.3 is 5.32 Å². The van der Waals surface area contributed by atoms with Crippen LogP contribution in [0.4, 0.5) is 0 Å². The van der Waals surface area contributed by atoms with Crippen LogP contribution < -0.4 is 5.32 Å². The minimum absolute atomic E-state index is 0.405. The van der Waals surface area contributed by atoms with Crippen LogP contribution in [0.15, 0.2) is 18.2 Å². The van der Waals surface area contributed by atoms with Crippen LogP contribution in [0.1, 0.15) is 38.3 Å². The molecule has 0 spiro atoms. The fourth-order valence-corrected chi connectivity index (χ4v) is 1.77. The molecule has 0 amide bonds. The number of hydrogen-bond acceptors (Lipinski definition) is 1. The zero-order valence-electron chi connectivity index (χ0n) is 10.7. The predicted molar refractivity (Wildman–Crippen MR) is 72.0 cm³/mol. The highest BCUT2D eigenvalue weighted by molar-refractivity contribution is 6.30. The number of hydrogen-bond donors (Lipinski definition) is 1. The smallest absolute Gasteiger partial charge is 0.0408 e. The SMILES string of the molecule is Cc1cc(Cl)ccc1CNCCC(C)(C)C. The van der Waals surface area contributed by atoms with Gasteiger partial charge in [0.1, 0.15) is 0 Å². The lowest BCUT2D eigenvalue weighted by molar-refractivity contribution is 0.366. The number of rotatable bonds is 4. The maximum atomic E-state index is 5.92. The molecule has 0 aliphatic rings. The summed E-state index contributed by atoms with van der Waals surface area (Å²) >= 11 is 5.92. The Bertz CT molecular complexity index is 339. The minimum atomic E-state index is 0.405. The first kappa shape index (κ1) is 13.5. The van der Waals surface area contributed by atoms with Crippen molar-refractivity contribution in [3.8, 4) is 0 Å². The standard InChI is InChI=1S/C14H22ClN/c1-11-9-13(15)6-5-12(11)10-16-8-7-14(2,3)4/h5-6,9,16H,7-8,10H2,1-4H3. The van der Waals surface area contributed by atoms with Crippen LogP contribution in [-0.4, -0.2) is 6.54 Å². The van der Waals surface area contributed by atoms with Gasteiger partial charge in [-0.15, -0.1) is 0 Å². The summed E-state index contributed by atoms with van der Waals surface area (Å²) in [4.78, 5) is 0. The maximum Gasteiger partial charge on any atom is 0.0408 e. The van der Waals surface area contributed by atoms with E-state index in [0.29, 0.717) is 5.41 Å². The van der Waals surface area contributed by atoms with E-state index in [1.54, 1.807) is 0 Å². The Hall–Kier alpha value is -0.530. The van der Waals surface area contributed by atoms with Crippen LogP contribution in [0.2, 0.25) is 5.02 Å². The quantitative estimate of drug-likeness (QED) is 0.778. The normalized spacial score (nSPS) is 11.8. The highest BCUT2D eigenvalue weighted by atomic mass is 35.5. The third-order valence-electron chi connectivity index (χ3n) is 2.67. The summed E-state index contributed by atoms with van der Waals surface area (Å²) in [6.07, 6.45) is 1.19. The van der Waals surface area contributed by atoms with E-state index in [2.05, 4.69) is 39.1 Å². The van der Waals surface area contributed by atoms with E-state index in [4.69, 9.17) is 11.6 Å². The van der Waals surface area contributed by atoms with Gasteiger partial charge in [0, 0.05) is 11.6 Å². The summed E-state index contributed by atoms with van der Waals surface area (Å²) in [5, 5.41) is 4.29. The van der Waals surface area contributed by atoms with Gasteiger partial charge in [-0.1, -0.05) is 38.4 Å². The largest absolute Gasteiger partial charge is 0.313 e. The van der Waals surface area contributed by atoms with Crippen molar-refractivity contribution >= 4 is 11.6 Å². The molecule has 90 valence electrons. The van der Waals surface area contributed by atoms with Crippen molar-refractivity contribution in [3.05, 3.63) is 34.3 Å². The fraction of sp³-hybridized carbons (Fsp3) is 0.571. The molecule has 1 N–H and O–H groups in total. The minimum Gasteiger partial charge on any atom is -0.313 e. The molecule has 1 aromatic carbocycles. The topological polar surface area (TPSA) is 12.0 Å². The first-order chi connectivity index (χ1) is 7.38. The van der Waals surface area contributed by atoms with Gasteiger partial charge >= 0.3 is 0 Å². The summed E-state index contributed by atoms with van der Waals surface area (Å²) in [6.45, 7) is 10.9. The van der Waals surface area contributed by atoms with Gasteiger partial charge in [0.2, 0.25) is 0 Å². The van der Waals surface area contributed by atoms with Crippen molar-refractivity contribution < 1.29 is 0 Å². The van der Waals surface area contributed by atoms with E-state index < -0.39 is 0 Å². The predicted octanol–water partition coefficient (Wildman–Crippen LogP) is 4.17. The molecule has 0 bridgehead atoms. The van der Waals surface area contributed by atoms with Crippen molar-refractivity contribution in [1.82, 2.24) is 5.32 Å². The number of benzene rings is 1. The Labute approximate surface area is 104 Å². The molecule has 1 aromatic rings. The lowest BCUT2D eigenvalue weighted by Gasteiger charge is -2.18. The molecule has 16 heavy (non-hydrogen) atoms. The summed E-state index contributed by atoms with van der Waals surface area (Å²) in [7, 11) is 0. The second-order valence-electron chi connectivity index (χ2n) is 5.56. The molecular formula is C14H22ClN. The molecule has 0 aliphatic carbocycles. The van der Waals surface area contributed by atoms with Crippen molar-refractivity contribution in [2.75, 3.05) is 6.54 Å². The maximum absolute atomic E-state index is 5.92. The van der Waals surface area contributed by atoms with Gasteiger partial charge in [-0.3, -0.25) is 0 Å². The molecule has 0 aliphatic heterocycles. The van der Waals surface area contributed by atoms with Gasteiger partial charge in [-0.05, 0) is 48.6 Å². The Morgan fingerprint density at radius 1 is 1.25 bits per heavy atom. The molecule has 0 fully saturated rings. The van der Waals surface area contributed by atoms with Crippen molar-refractivity contribution in [2.45, 2.75) is 40.7 Å². The van der Waals surface area contributed by atoms with E-state index in [0.717, 1.165) is 18.1 Å². The summed E-state index contributed by atoms with van der Waals surface area (Å²) < 4.78 is 0. The van der Waals surface area contributed by atoms with Gasteiger partial charge in [0.25, 0.3) is 0 Å². The third kappa shape index (κ3) is 5.00. The zero-order chi connectivity index (χ0) is 12.2. The van der Waals surface area contributed by atoms with E-state index in [1.165, 1.54) is 17.5 Å². The fourth-order valence-electron chi connectivity index (χ4n) is 1.54. The molecule has 2 heteroatoms. The highest BCUT2D eigenvalue weighted by Gasteiger charge is 2.08. The molecular weight excluding hydrogens is 218 g/mol. The van der Waals surface area contributed by atoms with Gasteiger partial charge in [-0.2, -0.15) is 0 Å². The highest BCUT2D eigenvalue weighted by Crippen LogP contribution is 2.18. The lowest BCUT2D eigenvalue weighted by Crippen LogP contribution is -2.20. The Morgan fingerprint density at radius 3 is 2.50 bits per heavy atom. The monoisotopic (exact) mass is 239 g/mol. The molecule has 0 radical (unpaired) electrons. The van der Waals surface area contributed by atoms with Crippen LogP contribution in [0.25, 0.3) is 0 Å². The molecule has 0 unspecified atom stereocenters. The molecule has 0 heterocycles. The second kappa shape index (κ2) is 5.70. The molecule has 0 saturated carbocycles. The van der Waals surface area contributed by atoms with E-state index in [-0.39, 0.29) is 0 Å². The van der Waals surface area contributed by atoms with Crippen LogP contribution in [0.3, 0.4) is 0 Å². The first-order valence-electron chi connectivity index (χ1n) is 5.84. The first-order valence-corrected chi connectivity index (χ1v) is 6.22. The third-order valence-corrected chi connectivity index (χ3v) is 2.91. The molecule has 0 atom stereocenters. The lowest BCUT2D eigenvalue weighted by atomic mass is 9.92. The van der Waals surface area contributed by atoms with Crippen molar-refractivity contribution in [2.24, 2.45) is 5.41 Å². The number of halogens is 1. The van der Waals surface area contributed by atoms with E-state index in [9.17, 15) is 0 Å². The number of aryl methyl sites for hydroxylation is 1. The van der Waals surface area contributed by atoms with Gasteiger partial charge in [-0.25, -0.2) is 0 Å². The van der Waals surface area contributed by atoms with Crippen molar-refractivity contribution in [3.63, 3.8) is 0 Å². The molecule has 0 saturated heterocycles. The van der Waals surface area contributed by atoms with Crippen LogP contribution >= 0.6 is 11.6 Å². The average Bonchev–Trinajstić information content (AvgIpc) is 2.13. The molecule has 0 aromatic heterocycles. The van der Waals surface area contributed by atoms with Gasteiger partial charge in [0.05, 0.1) is 0 Å². The van der Waals surface area contributed by atoms with Crippen LogP contribution in [-0.2, 0) is 6.54 Å². The molecule has 1 nitrogen and oxygen atoms in total. The van der Waals surface area contributed by atoms with Gasteiger partial charge in [0.15, 0.2) is 0 Å². The number of nitrogens with one attached hydrogen (secondary N) is 1. The van der Waals surface area contributed by atoms with E-state index in [1.807, 2.05) is 12.1 Å². The molecule has 1 rings (SSSR count). The van der Waals surface area contributed by atoms with Crippen molar-refractivity contribution in [1.29, 1.82) is 0 Å². The second-order valence-corrected chi connectivity index (χ2v) is 5.99. The average molecular weight is 240 g/mol.